The van der Waals surface area contributed by atoms with Gasteiger partial charge in [-0.2, -0.15) is 0 Å². The van der Waals surface area contributed by atoms with Crippen LogP contribution in [0.3, 0.4) is 0 Å². The van der Waals surface area contributed by atoms with Gasteiger partial charge >= 0.3 is 5.97 Å². The third-order valence-electron chi connectivity index (χ3n) is 3.38. The monoisotopic (exact) mass is 343 g/mol. The van der Waals surface area contributed by atoms with Crippen LogP contribution in [0.2, 0.25) is 0 Å². The summed E-state index contributed by atoms with van der Waals surface area (Å²) < 4.78 is 6.15. The van der Waals surface area contributed by atoms with Gasteiger partial charge in [-0.3, -0.25) is 4.79 Å². The highest BCUT2D eigenvalue weighted by Crippen LogP contribution is 2.40. The molecule has 1 unspecified atom stereocenters. The Morgan fingerprint density at radius 1 is 1.22 bits per heavy atom. The van der Waals surface area contributed by atoms with Crippen molar-refractivity contribution in [1.82, 2.24) is 0 Å². The van der Waals surface area contributed by atoms with Crippen molar-refractivity contribution in [1.29, 1.82) is 0 Å². The number of thioether (sulfide) groups is 2. The number of carbonyl (C=O) groups is 1. The van der Waals surface area contributed by atoms with Crippen LogP contribution in [0.4, 0.5) is 5.69 Å². The second kappa shape index (κ2) is 7.70. The molecule has 1 heterocycles. The van der Waals surface area contributed by atoms with Gasteiger partial charge in [0.2, 0.25) is 0 Å². The maximum atomic E-state index is 12.4. The molecule has 2 aromatic carbocycles. The molecule has 2 aromatic rings. The predicted molar refractivity (Wildman–Crippen MR) is 98.2 cm³/mol. The Bertz CT molecular complexity index is 716. The first-order valence-electron chi connectivity index (χ1n) is 7.45. The highest BCUT2D eigenvalue weighted by Gasteiger charge is 2.26. The third kappa shape index (κ3) is 3.98. The van der Waals surface area contributed by atoms with Gasteiger partial charge in [-0.25, -0.2) is 4.99 Å². The fraction of sp³-hybridized carbons (Fsp3) is 0.222. The zero-order chi connectivity index (χ0) is 16.1. The van der Waals surface area contributed by atoms with Gasteiger partial charge in [0.1, 0.15) is 9.63 Å². The molecule has 0 bridgehead atoms. The number of ether oxygens (including phenoxy) is 1. The van der Waals surface area contributed by atoms with Crippen LogP contribution < -0.4 is 0 Å². The Kier molecular flexibility index (Phi) is 5.41. The second-order valence-corrected chi connectivity index (χ2v) is 7.27. The minimum Gasteiger partial charge on any atom is -0.465 e. The summed E-state index contributed by atoms with van der Waals surface area (Å²) in [5.74, 6) is 0.664. The van der Waals surface area contributed by atoms with Crippen molar-refractivity contribution in [2.24, 2.45) is 4.99 Å². The van der Waals surface area contributed by atoms with Crippen LogP contribution >= 0.6 is 23.5 Å². The maximum absolute atomic E-state index is 12.4. The molecule has 0 aliphatic carbocycles. The van der Waals surface area contributed by atoms with E-state index < -0.39 is 0 Å². The summed E-state index contributed by atoms with van der Waals surface area (Å²) in [5, 5.41) is -0.382. The fourth-order valence-electron chi connectivity index (χ4n) is 2.27. The molecular weight excluding hydrogens is 326 g/mol. The number of nitrogens with zero attached hydrogens (tertiary/aromatic N) is 1. The lowest BCUT2D eigenvalue weighted by molar-refractivity contribution is -0.142. The van der Waals surface area contributed by atoms with Crippen molar-refractivity contribution in [2.45, 2.75) is 17.9 Å². The minimum absolute atomic E-state index is 0.217. The normalized spacial score (nSPS) is 14.6. The number of aliphatic imine (C=N–C) groups is 1. The quantitative estimate of drug-likeness (QED) is 0.736. The standard InChI is InChI=1S/C18H17NO2S2/c1-2-21-17(20)16(13-8-4-3-5-9-13)23-18-19-15-11-7-6-10-14(15)12-22-18/h3-11,16H,2,12H2,1H3. The lowest BCUT2D eigenvalue weighted by atomic mass is 10.1. The molecule has 23 heavy (non-hydrogen) atoms. The molecule has 1 atom stereocenters. The zero-order valence-electron chi connectivity index (χ0n) is 12.8. The number of hydrogen-bond donors (Lipinski definition) is 0. The summed E-state index contributed by atoms with van der Waals surface area (Å²) in [6, 6.07) is 17.8. The molecule has 1 aliphatic heterocycles. The van der Waals surface area contributed by atoms with Gasteiger partial charge in [-0.05, 0) is 24.1 Å². The molecule has 0 radical (unpaired) electrons. The van der Waals surface area contributed by atoms with Crippen LogP contribution in [0.25, 0.3) is 0 Å². The minimum atomic E-state index is -0.382. The van der Waals surface area contributed by atoms with E-state index in [2.05, 4.69) is 11.1 Å². The van der Waals surface area contributed by atoms with Crippen LogP contribution in [0.5, 0.6) is 0 Å². The van der Waals surface area contributed by atoms with Gasteiger partial charge in [0.15, 0.2) is 0 Å². The number of hydrogen-bond acceptors (Lipinski definition) is 5. The van der Waals surface area contributed by atoms with Gasteiger partial charge in [0, 0.05) is 5.75 Å². The van der Waals surface area contributed by atoms with Crippen molar-refractivity contribution >= 4 is 39.6 Å². The van der Waals surface area contributed by atoms with Gasteiger partial charge in [-0.15, -0.1) is 0 Å². The lowest BCUT2D eigenvalue weighted by Gasteiger charge is -2.19. The van der Waals surface area contributed by atoms with Crippen LogP contribution in [-0.4, -0.2) is 17.0 Å². The topological polar surface area (TPSA) is 38.7 Å². The molecule has 0 fully saturated rings. The number of esters is 1. The number of rotatable bonds is 4. The van der Waals surface area contributed by atoms with Gasteiger partial charge in [0.05, 0.1) is 12.3 Å². The average molecular weight is 343 g/mol. The van der Waals surface area contributed by atoms with E-state index in [9.17, 15) is 4.79 Å². The molecule has 0 N–H and O–H groups in total. The molecule has 0 saturated heterocycles. The second-order valence-electron chi connectivity index (χ2n) is 4.96. The van der Waals surface area contributed by atoms with Gasteiger partial charge in [-0.1, -0.05) is 72.1 Å². The number of benzene rings is 2. The Balaban J connectivity index is 1.85. The van der Waals surface area contributed by atoms with Crippen LogP contribution in [0.15, 0.2) is 59.6 Å². The Hall–Kier alpha value is -1.72. The Labute approximate surface area is 144 Å². The van der Waals surface area contributed by atoms with Gasteiger partial charge in [0.25, 0.3) is 0 Å². The third-order valence-corrected chi connectivity index (χ3v) is 5.81. The van der Waals surface area contributed by atoms with Crippen LogP contribution in [-0.2, 0) is 15.3 Å². The van der Waals surface area contributed by atoms with Crippen molar-refractivity contribution in [3.05, 3.63) is 65.7 Å². The van der Waals surface area contributed by atoms with Gasteiger partial charge < -0.3 is 4.74 Å². The van der Waals surface area contributed by atoms with Crippen LogP contribution in [0, 0.1) is 0 Å². The SMILES string of the molecule is CCOC(=O)C(SC1=Nc2ccccc2CS1)c1ccccc1. The Morgan fingerprint density at radius 2 is 1.96 bits per heavy atom. The van der Waals surface area contributed by atoms with E-state index in [0.29, 0.717) is 6.61 Å². The summed E-state index contributed by atoms with van der Waals surface area (Å²) in [6.45, 7) is 2.21. The Morgan fingerprint density at radius 3 is 2.74 bits per heavy atom. The molecule has 0 aromatic heterocycles. The lowest BCUT2D eigenvalue weighted by Crippen LogP contribution is -2.15. The molecule has 3 rings (SSSR count). The fourth-order valence-corrected chi connectivity index (χ4v) is 4.51. The highest BCUT2D eigenvalue weighted by molar-refractivity contribution is 8.38. The first-order chi connectivity index (χ1) is 11.3. The molecule has 3 nitrogen and oxygen atoms in total. The molecule has 0 spiro atoms. The van der Waals surface area contributed by atoms with E-state index in [1.807, 2.05) is 55.5 Å². The predicted octanol–water partition coefficient (Wildman–Crippen LogP) is 4.96. The van der Waals surface area contributed by atoms with E-state index in [1.165, 1.54) is 17.3 Å². The van der Waals surface area contributed by atoms with Crippen molar-refractivity contribution in [3.63, 3.8) is 0 Å². The molecular formula is C18H17NO2S2. The summed E-state index contributed by atoms with van der Waals surface area (Å²) in [6.07, 6.45) is 0. The van der Waals surface area contributed by atoms with E-state index in [4.69, 9.17) is 4.74 Å². The molecule has 5 heteroatoms. The number of fused-ring (bicyclic) bond motifs is 1. The molecule has 118 valence electrons. The van der Waals surface area contributed by atoms with E-state index >= 15 is 0 Å². The summed E-state index contributed by atoms with van der Waals surface area (Å²) in [7, 11) is 0. The van der Waals surface area contributed by atoms with E-state index in [1.54, 1.807) is 11.8 Å². The highest BCUT2D eigenvalue weighted by atomic mass is 32.2. The summed E-state index contributed by atoms with van der Waals surface area (Å²) in [5.41, 5.74) is 3.16. The van der Waals surface area contributed by atoms with E-state index in [-0.39, 0.29) is 11.2 Å². The van der Waals surface area contributed by atoms with Crippen LogP contribution in [0.1, 0.15) is 23.3 Å². The van der Waals surface area contributed by atoms with Crippen molar-refractivity contribution < 1.29 is 9.53 Å². The number of para-hydroxylation sites is 1. The molecule has 0 saturated carbocycles. The van der Waals surface area contributed by atoms with Crippen molar-refractivity contribution in [2.75, 3.05) is 6.61 Å². The first kappa shape index (κ1) is 16.1. The average Bonchev–Trinajstić information content (AvgIpc) is 2.60. The zero-order valence-corrected chi connectivity index (χ0v) is 14.4. The van der Waals surface area contributed by atoms with Crippen molar-refractivity contribution in [3.8, 4) is 0 Å². The summed E-state index contributed by atoms with van der Waals surface area (Å²) >= 11 is 3.14. The van der Waals surface area contributed by atoms with E-state index in [0.717, 1.165) is 21.4 Å². The number of carbonyl (C=O) groups excluding carboxylic acids is 1. The largest absolute Gasteiger partial charge is 0.465 e. The smallest absolute Gasteiger partial charge is 0.324 e. The maximum Gasteiger partial charge on any atom is 0.324 e. The summed E-state index contributed by atoms with van der Waals surface area (Å²) in [4.78, 5) is 17.0. The molecule has 1 aliphatic rings. The molecule has 0 amide bonds. The first-order valence-corrected chi connectivity index (χ1v) is 9.32.